The van der Waals surface area contributed by atoms with Gasteiger partial charge in [0.2, 0.25) is 0 Å². The second-order valence-corrected chi connectivity index (χ2v) is 12.2. The molecule has 3 saturated carbocycles. The van der Waals surface area contributed by atoms with Crippen LogP contribution in [0.1, 0.15) is 79.1 Å². The predicted octanol–water partition coefficient (Wildman–Crippen LogP) is 4.68. The molecule has 0 saturated heterocycles. The average Bonchev–Trinajstić information content (AvgIpc) is 3.12. The minimum Gasteiger partial charge on any atom is -0.393 e. The summed E-state index contributed by atoms with van der Waals surface area (Å²) in [4.78, 5) is 12.8. The topological polar surface area (TPSA) is 77.8 Å². The normalized spacial score (nSPS) is 46.6. The number of rotatable bonds is 6. The summed E-state index contributed by atoms with van der Waals surface area (Å²) in [5.41, 5.74) is 1.43. The Labute approximate surface area is 194 Å². The number of aliphatic hydroxyl groups is 3. The Morgan fingerprint density at radius 1 is 1.25 bits per heavy atom. The van der Waals surface area contributed by atoms with Crippen molar-refractivity contribution in [2.75, 3.05) is 0 Å². The van der Waals surface area contributed by atoms with Crippen molar-refractivity contribution >= 4 is 6.29 Å². The van der Waals surface area contributed by atoms with Crippen LogP contribution in [0, 0.1) is 46.3 Å². The summed E-state index contributed by atoms with van der Waals surface area (Å²) in [6.07, 6.45) is 8.13. The van der Waals surface area contributed by atoms with Gasteiger partial charge in [-0.2, -0.15) is 0 Å². The quantitative estimate of drug-likeness (QED) is 0.411. The van der Waals surface area contributed by atoms with Gasteiger partial charge in [-0.25, -0.2) is 0 Å². The molecule has 3 fully saturated rings. The molecule has 0 bridgehead atoms. The fourth-order valence-corrected chi connectivity index (χ4v) is 8.50. The Hall–Kier alpha value is -0.970. The number of hydrogen-bond acceptors (Lipinski definition) is 4. The van der Waals surface area contributed by atoms with Gasteiger partial charge >= 0.3 is 0 Å². The SMILES string of the molecule is C=C(CCC(C)C1CCC2C3CC=C4CC(O)CC(O)C4(C)C3C(O)CC12C=O)C(C)C. The minimum absolute atomic E-state index is 0.0437. The van der Waals surface area contributed by atoms with E-state index >= 15 is 0 Å². The fraction of sp³-hybridized carbons (Fsp3) is 0.821. The maximum atomic E-state index is 12.8. The highest BCUT2D eigenvalue weighted by Crippen LogP contribution is 2.66. The summed E-state index contributed by atoms with van der Waals surface area (Å²) in [5, 5.41) is 32.8. The summed E-state index contributed by atoms with van der Waals surface area (Å²) in [7, 11) is 0. The molecule has 4 nitrogen and oxygen atoms in total. The lowest BCUT2D eigenvalue weighted by Crippen LogP contribution is -2.61. The molecule has 32 heavy (non-hydrogen) atoms. The lowest BCUT2D eigenvalue weighted by Gasteiger charge is -2.60. The standard InChI is InChI=1S/C28H44O4/c1-16(2)17(3)6-7-18(4)22-10-11-23-21-9-8-19-12-20(30)13-25(32)27(19,5)26(21)24(31)14-28(22,23)15-29/h8,15-16,18,20-26,30-32H,3,6-7,9-14H2,1-2,4-5H3. The summed E-state index contributed by atoms with van der Waals surface area (Å²) in [6.45, 7) is 13.0. The molecule has 10 atom stereocenters. The molecule has 10 unspecified atom stereocenters. The van der Waals surface area contributed by atoms with Crippen molar-refractivity contribution < 1.29 is 20.1 Å². The summed E-state index contributed by atoms with van der Waals surface area (Å²) in [6, 6.07) is 0. The highest BCUT2D eigenvalue weighted by molar-refractivity contribution is 5.62. The van der Waals surface area contributed by atoms with Crippen LogP contribution in [0.3, 0.4) is 0 Å². The largest absolute Gasteiger partial charge is 0.393 e. The van der Waals surface area contributed by atoms with Crippen LogP contribution < -0.4 is 0 Å². The van der Waals surface area contributed by atoms with Gasteiger partial charge in [-0.1, -0.05) is 51.5 Å². The van der Waals surface area contributed by atoms with Crippen LogP contribution in [-0.4, -0.2) is 39.9 Å². The maximum Gasteiger partial charge on any atom is 0.126 e. The molecule has 4 aliphatic rings. The van der Waals surface area contributed by atoms with Gasteiger partial charge in [0.1, 0.15) is 6.29 Å². The maximum absolute atomic E-state index is 12.8. The van der Waals surface area contributed by atoms with Crippen LogP contribution in [0.2, 0.25) is 0 Å². The first-order valence-corrected chi connectivity index (χ1v) is 12.9. The lowest BCUT2D eigenvalue weighted by atomic mass is 9.45. The van der Waals surface area contributed by atoms with Gasteiger partial charge in [0.05, 0.1) is 18.3 Å². The monoisotopic (exact) mass is 444 g/mol. The number of allylic oxidation sites excluding steroid dienone is 2. The average molecular weight is 445 g/mol. The molecule has 0 aromatic heterocycles. The van der Waals surface area contributed by atoms with Crippen molar-refractivity contribution in [2.45, 2.75) is 97.4 Å². The number of aldehydes is 1. The van der Waals surface area contributed by atoms with Crippen molar-refractivity contribution in [3.8, 4) is 0 Å². The van der Waals surface area contributed by atoms with E-state index in [9.17, 15) is 20.1 Å². The Balaban J connectivity index is 1.61. The molecule has 0 amide bonds. The third-order valence-electron chi connectivity index (χ3n) is 10.4. The molecule has 0 aromatic carbocycles. The Morgan fingerprint density at radius 2 is 1.97 bits per heavy atom. The van der Waals surface area contributed by atoms with E-state index in [1.54, 1.807) is 0 Å². The van der Waals surface area contributed by atoms with Gasteiger partial charge in [-0.05, 0) is 80.5 Å². The van der Waals surface area contributed by atoms with E-state index in [-0.39, 0.29) is 17.8 Å². The second-order valence-electron chi connectivity index (χ2n) is 12.2. The highest BCUT2D eigenvalue weighted by Gasteiger charge is 2.65. The van der Waals surface area contributed by atoms with Gasteiger partial charge in [0.15, 0.2) is 0 Å². The van der Waals surface area contributed by atoms with E-state index in [2.05, 4.69) is 40.3 Å². The van der Waals surface area contributed by atoms with Crippen molar-refractivity contribution in [1.82, 2.24) is 0 Å². The lowest BCUT2D eigenvalue weighted by molar-refractivity contribution is -0.166. The van der Waals surface area contributed by atoms with E-state index in [1.807, 2.05) is 0 Å². The Bertz CT molecular complexity index is 771. The molecule has 4 heteroatoms. The summed E-state index contributed by atoms with van der Waals surface area (Å²) >= 11 is 0. The fourth-order valence-electron chi connectivity index (χ4n) is 8.50. The van der Waals surface area contributed by atoms with Gasteiger partial charge in [0.25, 0.3) is 0 Å². The van der Waals surface area contributed by atoms with E-state index in [0.29, 0.717) is 37.0 Å². The highest BCUT2D eigenvalue weighted by atomic mass is 16.3. The molecular formula is C28H44O4. The number of aliphatic hydroxyl groups excluding tert-OH is 3. The molecule has 0 aliphatic heterocycles. The zero-order valence-electron chi connectivity index (χ0n) is 20.5. The third-order valence-corrected chi connectivity index (χ3v) is 10.4. The molecule has 0 aromatic rings. The van der Waals surface area contributed by atoms with Crippen LogP contribution in [-0.2, 0) is 4.79 Å². The van der Waals surface area contributed by atoms with Crippen molar-refractivity contribution in [3.05, 3.63) is 23.8 Å². The first kappa shape index (κ1) is 24.2. The number of hydrogen-bond donors (Lipinski definition) is 3. The van der Waals surface area contributed by atoms with E-state index < -0.39 is 29.1 Å². The smallest absolute Gasteiger partial charge is 0.126 e. The zero-order valence-corrected chi connectivity index (χ0v) is 20.5. The van der Waals surface area contributed by atoms with Crippen LogP contribution in [0.25, 0.3) is 0 Å². The van der Waals surface area contributed by atoms with Crippen LogP contribution in [0.5, 0.6) is 0 Å². The van der Waals surface area contributed by atoms with Gasteiger partial charge in [0, 0.05) is 17.3 Å². The van der Waals surface area contributed by atoms with Crippen molar-refractivity contribution in [2.24, 2.45) is 46.3 Å². The Kier molecular flexibility index (Phi) is 6.55. The molecule has 0 spiro atoms. The zero-order chi connectivity index (χ0) is 23.4. The summed E-state index contributed by atoms with van der Waals surface area (Å²) in [5.74, 6) is 1.65. The van der Waals surface area contributed by atoms with Gasteiger partial charge in [-0.15, -0.1) is 0 Å². The van der Waals surface area contributed by atoms with Crippen LogP contribution in [0.15, 0.2) is 23.8 Å². The minimum atomic E-state index is -0.651. The predicted molar refractivity (Wildman–Crippen MR) is 127 cm³/mol. The van der Waals surface area contributed by atoms with Gasteiger partial charge in [-0.3, -0.25) is 0 Å². The number of carbonyl (C=O) groups is 1. The molecule has 3 N–H and O–H groups in total. The second kappa shape index (κ2) is 8.67. The number of carbonyl (C=O) groups excluding carboxylic acids is 1. The van der Waals surface area contributed by atoms with Crippen LogP contribution >= 0.6 is 0 Å². The molecule has 4 aliphatic carbocycles. The van der Waals surface area contributed by atoms with E-state index in [1.165, 1.54) is 11.9 Å². The van der Waals surface area contributed by atoms with Gasteiger partial charge < -0.3 is 20.1 Å². The van der Waals surface area contributed by atoms with Crippen LogP contribution in [0.4, 0.5) is 0 Å². The molecular weight excluding hydrogens is 400 g/mol. The molecule has 180 valence electrons. The Morgan fingerprint density at radius 3 is 2.62 bits per heavy atom. The first-order chi connectivity index (χ1) is 15.1. The summed E-state index contributed by atoms with van der Waals surface area (Å²) < 4.78 is 0. The first-order valence-electron chi connectivity index (χ1n) is 12.9. The van der Waals surface area contributed by atoms with E-state index in [4.69, 9.17) is 0 Å². The molecule has 0 heterocycles. The number of fused-ring (bicyclic) bond motifs is 5. The molecule has 4 rings (SSSR count). The molecule has 0 radical (unpaired) electrons. The van der Waals surface area contributed by atoms with Crippen molar-refractivity contribution in [1.29, 1.82) is 0 Å². The third kappa shape index (κ3) is 3.56. The van der Waals surface area contributed by atoms with Crippen molar-refractivity contribution in [3.63, 3.8) is 0 Å². The van der Waals surface area contributed by atoms with E-state index in [0.717, 1.165) is 37.7 Å².